The number of hydrogen-bond acceptors (Lipinski definition) is 4. The Morgan fingerprint density at radius 3 is 2.63 bits per heavy atom. The maximum atomic E-state index is 11.7. The summed E-state index contributed by atoms with van der Waals surface area (Å²) in [6.07, 6.45) is 0.639. The number of nitrogens with one attached hydrogen (secondary N) is 2. The van der Waals surface area contributed by atoms with Crippen LogP contribution in [0.5, 0.6) is 0 Å². The number of aromatic amines is 1. The summed E-state index contributed by atoms with van der Waals surface area (Å²) in [6, 6.07) is 1.53. The van der Waals surface area contributed by atoms with Crippen LogP contribution in [0.4, 0.5) is 0 Å². The Morgan fingerprint density at radius 2 is 2.11 bits per heavy atom. The average molecular weight is 267 g/mol. The molecule has 0 bridgehead atoms. The van der Waals surface area contributed by atoms with Crippen molar-refractivity contribution in [3.05, 3.63) is 27.9 Å². The molecule has 0 aliphatic rings. The SMILES string of the molecule is CCOC(CC)c1nc(CNC(C)(C)C)cc(=O)[nH]1. The van der Waals surface area contributed by atoms with Crippen molar-refractivity contribution < 1.29 is 4.74 Å². The third kappa shape index (κ3) is 5.53. The smallest absolute Gasteiger partial charge is 0.251 e. The van der Waals surface area contributed by atoms with E-state index in [1.807, 2.05) is 13.8 Å². The van der Waals surface area contributed by atoms with Gasteiger partial charge in [0.1, 0.15) is 11.9 Å². The Balaban J connectivity index is 2.90. The van der Waals surface area contributed by atoms with Gasteiger partial charge in [0.25, 0.3) is 5.56 Å². The van der Waals surface area contributed by atoms with Crippen molar-refractivity contribution in [3.63, 3.8) is 0 Å². The molecule has 0 aliphatic heterocycles. The molecule has 1 rings (SSSR count). The normalized spacial score (nSPS) is 13.5. The molecule has 5 nitrogen and oxygen atoms in total. The zero-order chi connectivity index (χ0) is 14.5. The number of H-pyrrole nitrogens is 1. The minimum absolute atomic E-state index is 0.00543. The molecule has 2 N–H and O–H groups in total. The van der Waals surface area contributed by atoms with Gasteiger partial charge in [-0.05, 0) is 34.1 Å². The van der Waals surface area contributed by atoms with E-state index in [9.17, 15) is 4.79 Å². The summed E-state index contributed by atoms with van der Waals surface area (Å²) in [5, 5.41) is 3.33. The van der Waals surface area contributed by atoms with Gasteiger partial charge in [0, 0.05) is 24.8 Å². The Labute approximate surface area is 114 Å². The second kappa shape index (κ2) is 6.82. The molecular weight excluding hydrogens is 242 g/mol. The van der Waals surface area contributed by atoms with Gasteiger partial charge in [0.15, 0.2) is 0 Å². The summed E-state index contributed by atoms with van der Waals surface area (Å²) >= 11 is 0. The largest absolute Gasteiger partial charge is 0.371 e. The molecule has 0 saturated heterocycles. The van der Waals surface area contributed by atoms with Crippen LogP contribution in [0, 0.1) is 0 Å². The first kappa shape index (κ1) is 15.9. The van der Waals surface area contributed by atoms with Gasteiger partial charge < -0.3 is 15.0 Å². The molecule has 5 heteroatoms. The van der Waals surface area contributed by atoms with Gasteiger partial charge >= 0.3 is 0 Å². The van der Waals surface area contributed by atoms with Crippen LogP contribution in [0.1, 0.15) is 58.7 Å². The van der Waals surface area contributed by atoms with Crippen molar-refractivity contribution >= 4 is 0 Å². The van der Waals surface area contributed by atoms with Gasteiger partial charge in [-0.15, -0.1) is 0 Å². The molecule has 0 fully saturated rings. The van der Waals surface area contributed by atoms with Gasteiger partial charge in [-0.25, -0.2) is 4.98 Å². The summed E-state index contributed by atoms with van der Waals surface area (Å²) in [4.78, 5) is 18.9. The molecular formula is C14H25N3O2. The Hall–Kier alpha value is -1.20. The third-order valence-corrected chi connectivity index (χ3v) is 2.66. The van der Waals surface area contributed by atoms with Crippen molar-refractivity contribution in [3.8, 4) is 0 Å². The van der Waals surface area contributed by atoms with Crippen LogP contribution >= 0.6 is 0 Å². The Bertz CT molecular complexity index is 449. The summed E-state index contributed by atoms with van der Waals surface area (Å²) in [6.45, 7) is 11.4. The topological polar surface area (TPSA) is 67.0 Å². The molecule has 1 aromatic heterocycles. The average Bonchev–Trinajstić information content (AvgIpc) is 2.32. The summed E-state index contributed by atoms with van der Waals surface area (Å²) in [7, 11) is 0. The number of nitrogens with zero attached hydrogens (tertiary/aromatic N) is 1. The van der Waals surface area contributed by atoms with Crippen LogP contribution < -0.4 is 10.9 Å². The first-order valence-electron chi connectivity index (χ1n) is 6.82. The van der Waals surface area contributed by atoms with Gasteiger partial charge in [0.2, 0.25) is 0 Å². The van der Waals surface area contributed by atoms with E-state index in [2.05, 4.69) is 36.1 Å². The molecule has 0 spiro atoms. The summed E-state index contributed by atoms with van der Waals surface area (Å²) in [5.74, 6) is 0.613. The van der Waals surface area contributed by atoms with Crippen molar-refractivity contribution in [2.24, 2.45) is 0 Å². The second-order valence-corrected chi connectivity index (χ2v) is 5.58. The van der Waals surface area contributed by atoms with Crippen molar-refractivity contribution in [1.29, 1.82) is 0 Å². The monoisotopic (exact) mass is 267 g/mol. The fourth-order valence-corrected chi connectivity index (χ4v) is 1.72. The van der Waals surface area contributed by atoms with Crippen molar-refractivity contribution in [1.82, 2.24) is 15.3 Å². The van der Waals surface area contributed by atoms with E-state index in [1.165, 1.54) is 6.07 Å². The molecule has 1 heterocycles. The molecule has 1 atom stereocenters. The molecule has 0 saturated carbocycles. The molecule has 0 radical (unpaired) electrons. The standard InChI is InChI=1S/C14H25N3O2/c1-6-11(19-7-2)13-16-10(8-12(18)17-13)9-15-14(3,4)5/h8,11,15H,6-7,9H2,1-5H3,(H,16,17,18). The van der Waals surface area contributed by atoms with E-state index >= 15 is 0 Å². The highest BCUT2D eigenvalue weighted by molar-refractivity contribution is 5.05. The van der Waals surface area contributed by atoms with E-state index < -0.39 is 0 Å². The third-order valence-electron chi connectivity index (χ3n) is 2.66. The maximum absolute atomic E-state index is 11.7. The fraction of sp³-hybridized carbons (Fsp3) is 0.714. The molecule has 1 aromatic rings. The molecule has 0 aliphatic carbocycles. The lowest BCUT2D eigenvalue weighted by atomic mass is 10.1. The number of hydrogen-bond donors (Lipinski definition) is 2. The zero-order valence-electron chi connectivity index (χ0n) is 12.5. The first-order chi connectivity index (χ1) is 8.85. The number of aromatic nitrogens is 2. The van der Waals surface area contributed by atoms with Gasteiger partial charge in [-0.3, -0.25) is 4.79 Å². The van der Waals surface area contributed by atoms with E-state index in [0.717, 1.165) is 12.1 Å². The van der Waals surface area contributed by atoms with Crippen molar-refractivity contribution in [2.75, 3.05) is 6.61 Å². The molecule has 1 unspecified atom stereocenters. The molecule has 0 amide bonds. The maximum Gasteiger partial charge on any atom is 0.251 e. The minimum Gasteiger partial charge on any atom is -0.371 e. The summed E-state index contributed by atoms with van der Waals surface area (Å²) in [5.41, 5.74) is 0.606. The van der Waals surface area contributed by atoms with Crippen LogP contribution in [0.2, 0.25) is 0 Å². The lowest BCUT2D eigenvalue weighted by Gasteiger charge is -2.20. The van der Waals surface area contributed by atoms with Crippen LogP contribution in [0.25, 0.3) is 0 Å². The van der Waals surface area contributed by atoms with Crippen LogP contribution in [0.15, 0.2) is 10.9 Å². The Morgan fingerprint density at radius 1 is 1.42 bits per heavy atom. The van der Waals surface area contributed by atoms with E-state index in [4.69, 9.17) is 4.74 Å². The summed E-state index contributed by atoms with van der Waals surface area (Å²) < 4.78 is 5.58. The van der Waals surface area contributed by atoms with Crippen LogP contribution in [-0.4, -0.2) is 22.1 Å². The number of ether oxygens (including phenoxy) is 1. The predicted molar refractivity (Wildman–Crippen MR) is 76.1 cm³/mol. The minimum atomic E-state index is -0.146. The highest BCUT2D eigenvalue weighted by Crippen LogP contribution is 2.16. The van der Waals surface area contributed by atoms with Gasteiger partial charge in [-0.1, -0.05) is 6.92 Å². The molecule has 0 aromatic carbocycles. The van der Waals surface area contributed by atoms with Gasteiger partial charge in [0.05, 0.1) is 5.69 Å². The van der Waals surface area contributed by atoms with Gasteiger partial charge in [-0.2, -0.15) is 0 Å². The predicted octanol–water partition coefficient (Wildman–Crippen LogP) is 2.15. The van der Waals surface area contributed by atoms with E-state index in [1.54, 1.807) is 0 Å². The fourth-order valence-electron chi connectivity index (χ4n) is 1.72. The lowest BCUT2D eigenvalue weighted by molar-refractivity contribution is 0.0531. The second-order valence-electron chi connectivity index (χ2n) is 5.58. The quantitative estimate of drug-likeness (QED) is 0.828. The first-order valence-corrected chi connectivity index (χ1v) is 6.82. The highest BCUT2D eigenvalue weighted by atomic mass is 16.5. The van der Waals surface area contributed by atoms with Crippen LogP contribution in [-0.2, 0) is 11.3 Å². The highest BCUT2D eigenvalue weighted by Gasteiger charge is 2.14. The van der Waals surface area contributed by atoms with Crippen LogP contribution in [0.3, 0.4) is 0 Å². The van der Waals surface area contributed by atoms with E-state index in [-0.39, 0.29) is 17.2 Å². The lowest BCUT2D eigenvalue weighted by Crippen LogP contribution is -2.35. The molecule has 108 valence electrons. The van der Waals surface area contributed by atoms with Crippen molar-refractivity contribution in [2.45, 2.75) is 59.2 Å². The zero-order valence-corrected chi connectivity index (χ0v) is 12.5. The van der Waals surface area contributed by atoms with E-state index in [0.29, 0.717) is 19.0 Å². The number of rotatable bonds is 6. The Kier molecular flexibility index (Phi) is 5.69. The molecule has 19 heavy (non-hydrogen) atoms.